The second-order valence-corrected chi connectivity index (χ2v) is 7.89. The van der Waals surface area contributed by atoms with E-state index in [0.29, 0.717) is 16.3 Å². The van der Waals surface area contributed by atoms with Crippen LogP contribution < -0.4 is 10.2 Å². The number of amides is 4. The highest BCUT2D eigenvalue weighted by Gasteiger charge is 2.37. The molecule has 5 nitrogen and oxygen atoms in total. The molecule has 1 aliphatic heterocycles. The first kappa shape index (κ1) is 16.9. The standard InChI is InChI=1S/C16H10BrClN2O3S/c1-8-11(18)3-2-4-12(8)20-15(22)10(14(21)19-16(20)23)7-9-5-6-13(17)24-9/h2-7H,1H3,(H,19,21,23)/b10-7+. The van der Waals surface area contributed by atoms with Crippen molar-refractivity contribution in [1.29, 1.82) is 0 Å². The summed E-state index contributed by atoms with van der Waals surface area (Å²) in [5.74, 6) is -1.40. The van der Waals surface area contributed by atoms with E-state index in [2.05, 4.69) is 21.2 Å². The van der Waals surface area contributed by atoms with Crippen LogP contribution in [0.5, 0.6) is 0 Å². The number of thiophene rings is 1. The molecule has 2 heterocycles. The lowest BCUT2D eigenvalue weighted by molar-refractivity contribution is -0.122. The molecule has 0 bridgehead atoms. The first-order valence-corrected chi connectivity index (χ1v) is 8.79. The number of imide groups is 2. The molecular formula is C16H10BrClN2O3S. The average molecular weight is 426 g/mol. The second kappa shape index (κ2) is 6.51. The molecular weight excluding hydrogens is 416 g/mol. The summed E-state index contributed by atoms with van der Waals surface area (Å²) in [4.78, 5) is 38.6. The van der Waals surface area contributed by atoms with E-state index in [1.807, 2.05) is 6.07 Å². The van der Waals surface area contributed by atoms with Crippen LogP contribution in [-0.4, -0.2) is 17.8 Å². The molecule has 0 radical (unpaired) electrons. The number of hydrogen-bond donors (Lipinski definition) is 1. The topological polar surface area (TPSA) is 66.5 Å². The van der Waals surface area contributed by atoms with Crippen LogP contribution in [0, 0.1) is 6.92 Å². The van der Waals surface area contributed by atoms with Crippen molar-refractivity contribution in [3.05, 3.63) is 55.2 Å². The van der Waals surface area contributed by atoms with Crippen LogP contribution in [0.3, 0.4) is 0 Å². The molecule has 24 heavy (non-hydrogen) atoms. The van der Waals surface area contributed by atoms with Crippen molar-refractivity contribution in [3.63, 3.8) is 0 Å². The summed E-state index contributed by atoms with van der Waals surface area (Å²) >= 11 is 10.8. The number of urea groups is 1. The zero-order valence-corrected chi connectivity index (χ0v) is 15.5. The van der Waals surface area contributed by atoms with Crippen LogP contribution in [0.2, 0.25) is 5.02 Å². The Balaban J connectivity index is 2.06. The Labute approximate surface area is 155 Å². The quantitative estimate of drug-likeness (QED) is 0.581. The van der Waals surface area contributed by atoms with Gasteiger partial charge in [-0.05, 0) is 58.8 Å². The number of nitrogens with zero attached hydrogens (tertiary/aromatic N) is 1. The fraction of sp³-hybridized carbons (Fsp3) is 0.0625. The van der Waals surface area contributed by atoms with Gasteiger partial charge in [-0.15, -0.1) is 11.3 Å². The van der Waals surface area contributed by atoms with Gasteiger partial charge < -0.3 is 0 Å². The van der Waals surface area contributed by atoms with Gasteiger partial charge in [0.15, 0.2) is 0 Å². The van der Waals surface area contributed by atoms with Crippen molar-refractivity contribution >= 4 is 68.5 Å². The smallest absolute Gasteiger partial charge is 0.273 e. The van der Waals surface area contributed by atoms with Crippen LogP contribution in [0.4, 0.5) is 10.5 Å². The third-order valence-electron chi connectivity index (χ3n) is 3.46. The number of benzene rings is 1. The minimum atomic E-state index is -0.792. The predicted molar refractivity (Wildman–Crippen MR) is 97.2 cm³/mol. The first-order chi connectivity index (χ1) is 11.4. The fourth-order valence-corrected chi connectivity index (χ4v) is 3.80. The van der Waals surface area contributed by atoms with Gasteiger partial charge in [-0.3, -0.25) is 14.9 Å². The Hall–Kier alpha value is -1.96. The summed E-state index contributed by atoms with van der Waals surface area (Å²) in [6.07, 6.45) is 1.46. The molecule has 3 rings (SSSR count). The van der Waals surface area contributed by atoms with Crippen LogP contribution in [0.1, 0.15) is 10.4 Å². The summed E-state index contributed by atoms with van der Waals surface area (Å²) in [6, 6.07) is 7.70. The van der Waals surface area contributed by atoms with Gasteiger partial charge in [-0.2, -0.15) is 0 Å². The van der Waals surface area contributed by atoms with Crippen molar-refractivity contribution in [2.45, 2.75) is 6.92 Å². The number of rotatable bonds is 2. The highest BCUT2D eigenvalue weighted by atomic mass is 79.9. The Bertz CT molecular complexity index is 906. The summed E-state index contributed by atoms with van der Waals surface area (Å²) in [5, 5.41) is 2.62. The molecule has 0 spiro atoms. The number of carbonyl (C=O) groups excluding carboxylic acids is 3. The molecule has 0 saturated carbocycles. The van der Waals surface area contributed by atoms with Crippen molar-refractivity contribution in [3.8, 4) is 0 Å². The average Bonchev–Trinajstić information content (AvgIpc) is 2.93. The Kier molecular flexibility index (Phi) is 4.58. The molecule has 0 aliphatic carbocycles. The van der Waals surface area contributed by atoms with E-state index in [1.165, 1.54) is 17.4 Å². The van der Waals surface area contributed by atoms with E-state index < -0.39 is 17.8 Å². The number of barbiturate groups is 1. The number of anilines is 1. The minimum Gasteiger partial charge on any atom is -0.273 e. The molecule has 1 aliphatic rings. The van der Waals surface area contributed by atoms with Crippen LogP contribution in [0.15, 0.2) is 39.7 Å². The van der Waals surface area contributed by atoms with Crippen LogP contribution in [0.25, 0.3) is 6.08 Å². The van der Waals surface area contributed by atoms with Gasteiger partial charge in [0.1, 0.15) is 5.57 Å². The van der Waals surface area contributed by atoms with Gasteiger partial charge in [0.2, 0.25) is 0 Å². The zero-order valence-electron chi connectivity index (χ0n) is 12.3. The molecule has 1 saturated heterocycles. The summed E-state index contributed by atoms with van der Waals surface area (Å²) in [5.41, 5.74) is 0.814. The number of nitrogens with one attached hydrogen (secondary N) is 1. The van der Waals surface area contributed by atoms with Crippen LogP contribution in [-0.2, 0) is 9.59 Å². The third-order valence-corrected chi connectivity index (χ3v) is 5.44. The maximum Gasteiger partial charge on any atom is 0.335 e. The molecule has 1 N–H and O–H groups in total. The van der Waals surface area contributed by atoms with Gasteiger partial charge >= 0.3 is 6.03 Å². The predicted octanol–water partition coefficient (Wildman–Crippen LogP) is 4.14. The van der Waals surface area contributed by atoms with Crippen molar-refractivity contribution in [1.82, 2.24) is 5.32 Å². The molecule has 122 valence electrons. The van der Waals surface area contributed by atoms with E-state index in [4.69, 9.17) is 11.6 Å². The number of hydrogen-bond acceptors (Lipinski definition) is 4. The Morgan fingerprint density at radius 3 is 2.62 bits per heavy atom. The fourth-order valence-electron chi connectivity index (χ4n) is 2.26. The summed E-state index contributed by atoms with van der Waals surface area (Å²) in [6.45, 7) is 1.70. The lowest BCUT2D eigenvalue weighted by atomic mass is 10.1. The lowest BCUT2D eigenvalue weighted by Gasteiger charge is -2.27. The highest BCUT2D eigenvalue weighted by Crippen LogP contribution is 2.30. The molecule has 4 amide bonds. The molecule has 1 aromatic heterocycles. The van der Waals surface area contributed by atoms with Crippen molar-refractivity contribution in [2.24, 2.45) is 0 Å². The van der Waals surface area contributed by atoms with E-state index in [-0.39, 0.29) is 5.57 Å². The molecule has 0 atom stereocenters. The summed E-state index contributed by atoms with van der Waals surface area (Å²) < 4.78 is 0.872. The zero-order chi connectivity index (χ0) is 17.4. The van der Waals surface area contributed by atoms with Gasteiger partial charge in [0.05, 0.1) is 9.47 Å². The van der Waals surface area contributed by atoms with E-state index in [9.17, 15) is 14.4 Å². The second-order valence-electron chi connectivity index (χ2n) is 4.98. The van der Waals surface area contributed by atoms with Gasteiger partial charge in [0, 0.05) is 9.90 Å². The monoisotopic (exact) mass is 424 g/mol. The highest BCUT2D eigenvalue weighted by molar-refractivity contribution is 9.11. The van der Waals surface area contributed by atoms with E-state index in [1.54, 1.807) is 31.2 Å². The van der Waals surface area contributed by atoms with Gasteiger partial charge in [0.25, 0.3) is 11.8 Å². The van der Waals surface area contributed by atoms with Crippen LogP contribution >= 0.6 is 38.9 Å². The lowest BCUT2D eigenvalue weighted by Crippen LogP contribution is -2.54. The third kappa shape index (κ3) is 3.02. The first-order valence-electron chi connectivity index (χ1n) is 6.80. The van der Waals surface area contributed by atoms with Crippen molar-refractivity contribution < 1.29 is 14.4 Å². The molecule has 1 fully saturated rings. The number of carbonyl (C=O) groups is 3. The Morgan fingerprint density at radius 1 is 1.21 bits per heavy atom. The number of halogens is 2. The normalized spacial score (nSPS) is 16.7. The molecule has 1 aromatic carbocycles. The van der Waals surface area contributed by atoms with Crippen molar-refractivity contribution in [2.75, 3.05) is 4.90 Å². The largest absolute Gasteiger partial charge is 0.335 e. The molecule has 2 aromatic rings. The SMILES string of the molecule is Cc1c(Cl)cccc1N1C(=O)NC(=O)/C(=C\c2ccc(Br)s2)C1=O. The molecule has 0 unspecified atom stereocenters. The molecule has 8 heteroatoms. The van der Waals surface area contributed by atoms with E-state index in [0.717, 1.165) is 13.6 Å². The maximum absolute atomic E-state index is 12.7. The Morgan fingerprint density at radius 2 is 1.96 bits per heavy atom. The minimum absolute atomic E-state index is 0.108. The summed E-state index contributed by atoms with van der Waals surface area (Å²) in [7, 11) is 0. The van der Waals surface area contributed by atoms with Gasteiger partial charge in [-0.1, -0.05) is 17.7 Å². The van der Waals surface area contributed by atoms with Gasteiger partial charge in [-0.25, -0.2) is 9.69 Å². The van der Waals surface area contributed by atoms with E-state index >= 15 is 0 Å². The maximum atomic E-state index is 12.7.